The molecule has 7 atom stereocenters. The van der Waals surface area contributed by atoms with Gasteiger partial charge in [-0.1, -0.05) is 36.4 Å². The third kappa shape index (κ3) is 4.64. The van der Waals surface area contributed by atoms with Gasteiger partial charge in [-0.15, -0.1) is 0 Å². The topological polar surface area (TPSA) is 178 Å². The van der Waals surface area contributed by atoms with Crippen LogP contribution in [0.4, 0.5) is 0 Å². The summed E-state index contributed by atoms with van der Waals surface area (Å²) in [7, 11) is 3.45. The number of esters is 3. The number of nitrogens with zero attached hydrogens (tertiary/aromatic N) is 1. The van der Waals surface area contributed by atoms with Crippen molar-refractivity contribution in [3.8, 4) is 11.5 Å². The van der Waals surface area contributed by atoms with Crippen LogP contribution < -0.4 is 9.47 Å². The number of carbonyl (C=O) groups is 4. The van der Waals surface area contributed by atoms with E-state index in [1.807, 2.05) is 13.1 Å². The molecule has 6 rings (SSSR count). The van der Waals surface area contributed by atoms with E-state index < -0.39 is 59.3 Å². The van der Waals surface area contributed by atoms with Gasteiger partial charge in [-0.2, -0.15) is 0 Å². The molecule has 2 aromatic carbocycles. The average Bonchev–Trinajstić information content (AvgIpc) is 3.37. The number of rotatable bonds is 9. The van der Waals surface area contributed by atoms with Crippen LogP contribution in [0.2, 0.25) is 0 Å². The Balaban J connectivity index is 1.29. The highest BCUT2D eigenvalue weighted by Crippen LogP contribution is 2.65. The monoisotopic (exact) mass is 623 g/mol. The Labute approximate surface area is 257 Å². The summed E-state index contributed by atoms with van der Waals surface area (Å²) in [5.41, 5.74) is -0.408. The van der Waals surface area contributed by atoms with Crippen LogP contribution >= 0.6 is 0 Å². The number of carbonyl (C=O) groups excluding carboxylic acids is 3. The zero-order chi connectivity index (χ0) is 32.3. The molecule has 1 saturated heterocycles. The Morgan fingerprint density at radius 2 is 1.80 bits per heavy atom. The van der Waals surface area contributed by atoms with Crippen LogP contribution in [0.5, 0.6) is 11.5 Å². The number of piperidine rings is 1. The molecule has 13 nitrogen and oxygen atoms in total. The van der Waals surface area contributed by atoms with E-state index in [-0.39, 0.29) is 23.8 Å². The van der Waals surface area contributed by atoms with Gasteiger partial charge >= 0.3 is 23.9 Å². The summed E-state index contributed by atoms with van der Waals surface area (Å²) in [6.07, 6.45) is -4.76. The fourth-order valence-corrected chi connectivity index (χ4v) is 7.38. The van der Waals surface area contributed by atoms with Crippen LogP contribution in [0.25, 0.3) is 0 Å². The van der Waals surface area contributed by atoms with E-state index in [1.165, 1.54) is 37.5 Å². The van der Waals surface area contributed by atoms with Gasteiger partial charge < -0.3 is 43.9 Å². The number of hydrogen-bond donors (Lipinski definition) is 3. The highest BCUT2D eigenvalue weighted by Gasteiger charge is 2.72. The smallest absolute Gasteiger partial charge is 0.352 e. The number of ether oxygens (including phenoxy) is 5. The number of methoxy groups -OCH3 is 1. The predicted octanol–water partition coefficient (Wildman–Crippen LogP) is 1.18. The van der Waals surface area contributed by atoms with Crippen molar-refractivity contribution in [2.45, 2.75) is 67.7 Å². The lowest BCUT2D eigenvalue weighted by Gasteiger charge is -2.61. The number of aliphatic carboxylic acids is 1. The van der Waals surface area contributed by atoms with Gasteiger partial charge in [-0.05, 0) is 44.1 Å². The summed E-state index contributed by atoms with van der Waals surface area (Å²) in [6.45, 7) is 1.57. The first kappa shape index (κ1) is 30.6. The van der Waals surface area contributed by atoms with Crippen LogP contribution in [0.3, 0.4) is 0 Å². The molecule has 1 fully saturated rings. The summed E-state index contributed by atoms with van der Waals surface area (Å²) in [6, 6.07) is 11.0. The molecule has 1 spiro atoms. The summed E-state index contributed by atoms with van der Waals surface area (Å²) < 4.78 is 27.7. The van der Waals surface area contributed by atoms with Gasteiger partial charge in [0.05, 0.1) is 18.1 Å². The number of carboxylic acids is 1. The van der Waals surface area contributed by atoms with Crippen molar-refractivity contribution >= 4 is 23.9 Å². The number of likely N-dealkylation sites (N-methyl/N-ethyl adjacent to an activating group) is 1. The third-order valence-electron chi connectivity index (χ3n) is 9.39. The van der Waals surface area contributed by atoms with E-state index in [1.54, 1.807) is 12.1 Å². The van der Waals surface area contributed by atoms with Crippen LogP contribution in [0.1, 0.15) is 42.6 Å². The number of aliphatic hydroxyl groups excluding tert-OH is 1. The molecule has 2 heterocycles. The zero-order valence-electron chi connectivity index (χ0n) is 24.8. The predicted molar refractivity (Wildman–Crippen MR) is 152 cm³/mol. The van der Waals surface area contributed by atoms with Gasteiger partial charge in [0.1, 0.15) is 5.76 Å². The van der Waals surface area contributed by atoms with E-state index in [9.17, 15) is 34.5 Å². The van der Waals surface area contributed by atoms with Crippen LogP contribution in [0, 0.1) is 0 Å². The van der Waals surface area contributed by atoms with Crippen molar-refractivity contribution in [1.82, 2.24) is 4.90 Å². The maximum absolute atomic E-state index is 13.4. The third-order valence-corrected chi connectivity index (χ3v) is 9.39. The first-order valence-electron chi connectivity index (χ1n) is 14.5. The van der Waals surface area contributed by atoms with E-state index in [2.05, 4.69) is 4.90 Å². The van der Waals surface area contributed by atoms with Gasteiger partial charge in [0.15, 0.2) is 23.7 Å². The summed E-state index contributed by atoms with van der Waals surface area (Å²) >= 11 is 0. The Bertz CT molecular complexity index is 1590. The summed E-state index contributed by atoms with van der Waals surface area (Å²) in [5.74, 6) is -4.51. The van der Waals surface area contributed by atoms with E-state index in [4.69, 9.17) is 23.7 Å². The van der Waals surface area contributed by atoms with E-state index in [0.29, 0.717) is 30.9 Å². The van der Waals surface area contributed by atoms with Crippen molar-refractivity contribution in [3.63, 3.8) is 0 Å². The molecule has 0 aromatic heterocycles. The summed E-state index contributed by atoms with van der Waals surface area (Å²) in [4.78, 5) is 52.4. The molecule has 45 heavy (non-hydrogen) atoms. The Hall–Kier alpha value is -4.46. The largest absolute Gasteiger partial charge is 0.493 e. The number of likely N-dealkylation sites (tertiary alicyclic amines) is 1. The standard InChI is InChI=1S/C32H33NO12/c1-16(34)42-26(30(39)45-24(28(36)37)17-7-5-4-6-8-17)23(35)29(38)43-20-11-12-32(40)21-15-18-9-10-19(41-3)25-22(18)31(32,27(20)44-25)13-14-33(21)2/h4-11,21,23-24,26-27,35,40H,12-15H2,1-3H3,(H,36,37)/t21-,23-,24+,26-,27+,31+,32-/m1/s1. The van der Waals surface area contributed by atoms with Crippen molar-refractivity contribution in [2.75, 3.05) is 20.7 Å². The number of aliphatic hydroxyl groups is 2. The second kappa shape index (κ2) is 11.2. The van der Waals surface area contributed by atoms with E-state index in [0.717, 1.165) is 18.1 Å². The second-order valence-electron chi connectivity index (χ2n) is 11.7. The molecule has 0 amide bonds. The minimum Gasteiger partial charge on any atom is -0.493 e. The highest BCUT2D eigenvalue weighted by molar-refractivity contribution is 5.89. The molecular weight excluding hydrogens is 590 g/mol. The van der Waals surface area contributed by atoms with E-state index >= 15 is 0 Å². The molecule has 3 N–H and O–H groups in total. The second-order valence-corrected chi connectivity index (χ2v) is 11.7. The Morgan fingerprint density at radius 3 is 2.47 bits per heavy atom. The molecular formula is C32H33NO12. The lowest BCUT2D eigenvalue weighted by Crippen LogP contribution is -2.74. The van der Waals surface area contributed by atoms with Crippen molar-refractivity contribution in [1.29, 1.82) is 0 Å². The highest BCUT2D eigenvalue weighted by atomic mass is 16.6. The minimum absolute atomic E-state index is 0.000714. The molecule has 2 aliphatic carbocycles. The van der Waals surface area contributed by atoms with Gasteiger partial charge in [-0.3, -0.25) is 4.79 Å². The van der Waals surface area contributed by atoms with Gasteiger partial charge in [0.2, 0.25) is 12.2 Å². The Kier molecular flexibility index (Phi) is 7.58. The van der Waals surface area contributed by atoms with Crippen molar-refractivity contribution in [3.05, 3.63) is 71.0 Å². The van der Waals surface area contributed by atoms with Crippen molar-refractivity contribution < 1.29 is 58.2 Å². The zero-order valence-corrected chi connectivity index (χ0v) is 24.8. The molecule has 2 bridgehead atoms. The quantitative estimate of drug-likeness (QED) is 0.268. The first-order chi connectivity index (χ1) is 21.4. The normalized spacial score (nSPS) is 27.9. The molecule has 0 radical (unpaired) electrons. The molecule has 4 aliphatic rings. The van der Waals surface area contributed by atoms with Crippen LogP contribution in [-0.2, 0) is 45.2 Å². The molecule has 238 valence electrons. The molecule has 13 heteroatoms. The fourth-order valence-electron chi connectivity index (χ4n) is 7.38. The Morgan fingerprint density at radius 1 is 1.07 bits per heavy atom. The van der Waals surface area contributed by atoms with Gasteiger partial charge in [0, 0.05) is 30.5 Å². The first-order valence-corrected chi connectivity index (χ1v) is 14.5. The fraction of sp³-hybridized carbons (Fsp3) is 0.438. The lowest BCUT2D eigenvalue weighted by atomic mass is 9.50. The molecule has 2 aromatic rings. The van der Waals surface area contributed by atoms with Crippen LogP contribution in [0.15, 0.2) is 54.3 Å². The van der Waals surface area contributed by atoms with Crippen molar-refractivity contribution in [2.24, 2.45) is 0 Å². The molecule has 0 unspecified atom stereocenters. The number of hydrogen-bond acceptors (Lipinski definition) is 12. The SMILES string of the molecule is COc1ccc2c3c1O[C@H]1C(OC(=O)[C@H](O)[C@@H](OC(C)=O)C(=O)O[C@H](C(=O)O)c4ccccc4)=CC[C@@]4(O)[C@@H](C2)N(C)CC[C@]314. The average molecular weight is 624 g/mol. The maximum Gasteiger partial charge on any atom is 0.352 e. The van der Waals surface area contributed by atoms with Gasteiger partial charge in [0.25, 0.3) is 0 Å². The molecule has 2 aliphatic heterocycles. The minimum atomic E-state index is -2.39. The molecule has 0 saturated carbocycles. The lowest BCUT2D eigenvalue weighted by molar-refractivity contribution is -0.189. The number of carboxylic acid groups (broad SMARTS) is 1. The van der Waals surface area contributed by atoms with Crippen LogP contribution in [-0.4, -0.2) is 94.8 Å². The maximum atomic E-state index is 13.4. The number of benzene rings is 2. The summed E-state index contributed by atoms with van der Waals surface area (Å²) in [5, 5.41) is 33.0. The van der Waals surface area contributed by atoms with Gasteiger partial charge in [-0.25, -0.2) is 14.4 Å².